The SMILES string of the molecule is NNCC1CCC(C(=O)O)CC1Cl. The molecule has 1 rings (SSSR count). The van der Waals surface area contributed by atoms with Gasteiger partial charge in [-0.2, -0.15) is 0 Å². The molecule has 3 unspecified atom stereocenters. The number of carboxylic acids is 1. The van der Waals surface area contributed by atoms with E-state index in [4.69, 9.17) is 22.6 Å². The van der Waals surface area contributed by atoms with Gasteiger partial charge in [-0.25, -0.2) is 0 Å². The zero-order valence-corrected chi connectivity index (χ0v) is 8.13. The summed E-state index contributed by atoms with van der Waals surface area (Å²) in [7, 11) is 0. The number of hydrazine groups is 1. The number of halogens is 1. The van der Waals surface area contributed by atoms with Gasteiger partial charge >= 0.3 is 5.97 Å². The van der Waals surface area contributed by atoms with Crippen molar-refractivity contribution in [3.05, 3.63) is 0 Å². The third-order valence-electron chi connectivity index (χ3n) is 2.64. The number of carboxylic acid groups (broad SMARTS) is 1. The van der Waals surface area contributed by atoms with Crippen molar-refractivity contribution in [2.75, 3.05) is 6.54 Å². The van der Waals surface area contributed by atoms with Crippen molar-refractivity contribution in [3.8, 4) is 0 Å². The number of aliphatic carboxylic acids is 1. The molecule has 1 aliphatic carbocycles. The van der Waals surface area contributed by atoms with E-state index in [-0.39, 0.29) is 11.3 Å². The average molecular weight is 207 g/mol. The van der Waals surface area contributed by atoms with Crippen molar-refractivity contribution < 1.29 is 9.90 Å². The summed E-state index contributed by atoms with van der Waals surface area (Å²) >= 11 is 6.04. The summed E-state index contributed by atoms with van der Waals surface area (Å²) in [4.78, 5) is 10.7. The van der Waals surface area contributed by atoms with Gasteiger partial charge in [-0.15, -0.1) is 11.6 Å². The molecule has 1 fully saturated rings. The van der Waals surface area contributed by atoms with Crippen LogP contribution in [0.3, 0.4) is 0 Å². The molecule has 0 amide bonds. The Balaban J connectivity index is 2.41. The summed E-state index contributed by atoms with van der Waals surface area (Å²) in [5, 5.41) is 8.71. The van der Waals surface area contributed by atoms with Crippen molar-refractivity contribution >= 4 is 17.6 Å². The Hall–Kier alpha value is -0.320. The highest BCUT2D eigenvalue weighted by Crippen LogP contribution is 2.32. The Morgan fingerprint density at radius 3 is 2.77 bits per heavy atom. The van der Waals surface area contributed by atoms with Crippen LogP contribution in [0.2, 0.25) is 0 Å². The van der Waals surface area contributed by atoms with Gasteiger partial charge in [-0.05, 0) is 25.2 Å². The molecular formula is C8H15ClN2O2. The predicted molar refractivity (Wildman–Crippen MR) is 50.3 cm³/mol. The smallest absolute Gasteiger partial charge is 0.306 e. The van der Waals surface area contributed by atoms with Gasteiger partial charge in [0, 0.05) is 11.9 Å². The van der Waals surface area contributed by atoms with E-state index in [1.165, 1.54) is 0 Å². The first-order valence-corrected chi connectivity index (χ1v) is 4.89. The molecule has 0 spiro atoms. The number of hydrogen-bond donors (Lipinski definition) is 3. The summed E-state index contributed by atoms with van der Waals surface area (Å²) in [6, 6.07) is 0. The lowest BCUT2D eigenvalue weighted by molar-refractivity contribution is -0.143. The van der Waals surface area contributed by atoms with Crippen LogP contribution in [0.4, 0.5) is 0 Å². The first-order chi connectivity index (χ1) is 6.15. The molecule has 0 radical (unpaired) electrons. The van der Waals surface area contributed by atoms with E-state index < -0.39 is 5.97 Å². The van der Waals surface area contributed by atoms with E-state index >= 15 is 0 Å². The van der Waals surface area contributed by atoms with Crippen LogP contribution in [-0.4, -0.2) is 23.0 Å². The molecule has 0 saturated heterocycles. The molecule has 13 heavy (non-hydrogen) atoms. The highest BCUT2D eigenvalue weighted by Gasteiger charge is 2.32. The standard InChI is InChI=1S/C8H15ClN2O2/c9-7-3-5(8(12)13)1-2-6(7)4-11-10/h5-7,11H,1-4,10H2,(H,12,13). The van der Waals surface area contributed by atoms with Crippen molar-refractivity contribution in [2.24, 2.45) is 17.7 Å². The summed E-state index contributed by atoms with van der Waals surface area (Å²) in [6.45, 7) is 0.667. The number of nitrogens with one attached hydrogen (secondary N) is 1. The second-order valence-electron chi connectivity index (χ2n) is 3.53. The molecule has 4 nitrogen and oxygen atoms in total. The average Bonchev–Trinajstić information content (AvgIpc) is 2.08. The highest BCUT2D eigenvalue weighted by molar-refractivity contribution is 6.21. The molecule has 76 valence electrons. The molecule has 1 aliphatic rings. The van der Waals surface area contributed by atoms with Crippen LogP contribution in [0.15, 0.2) is 0 Å². The van der Waals surface area contributed by atoms with E-state index in [2.05, 4.69) is 5.43 Å². The van der Waals surface area contributed by atoms with Gasteiger partial charge in [0.05, 0.1) is 5.92 Å². The summed E-state index contributed by atoms with van der Waals surface area (Å²) in [5.74, 6) is 4.50. The maximum Gasteiger partial charge on any atom is 0.306 e. The lowest BCUT2D eigenvalue weighted by Crippen LogP contribution is -2.38. The van der Waals surface area contributed by atoms with E-state index in [9.17, 15) is 4.79 Å². The second kappa shape index (κ2) is 4.79. The van der Waals surface area contributed by atoms with Crippen LogP contribution < -0.4 is 11.3 Å². The minimum Gasteiger partial charge on any atom is -0.481 e. The minimum atomic E-state index is -0.732. The largest absolute Gasteiger partial charge is 0.481 e. The topological polar surface area (TPSA) is 75.3 Å². The van der Waals surface area contributed by atoms with E-state index in [1.807, 2.05) is 0 Å². The van der Waals surface area contributed by atoms with Gasteiger partial charge in [0.15, 0.2) is 0 Å². The zero-order chi connectivity index (χ0) is 9.84. The Labute approximate surface area is 82.4 Å². The van der Waals surface area contributed by atoms with Crippen molar-refractivity contribution in [2.45, 2.75) is 24.6 Å². The monoisotopic (exact) mass is 206 g/mol. The van der Waals surface area contributed by atoms with E-state index in [0.29, 0.717) is 25.3 Å². The van der Waals surface area contributed by atoms with E-state index in [0.717, 1.165) is 6.42 Å². The van der Waals surface area contributed by atoms with Crippen LogP contribution in [-0.2, 0) is 4.79 Å². The molecule has 3 atom stereocenters. The molecule has 4 N–H and O–H groups in total. The molecular weight excluding hydrogens is 192 g/mol. The minimum absolute atomic E-state index is 0.0640. The number of hydrogen-bond acceptors (Lipinski definition) is 3. The van der Waals surface area contributed by atoms with Gasteiger partial charge < -0.3 is 5.11 Å². The lowest BCUT2D eigenvalue weighted by atomic mass is 9.81. The Kier molecular flexibility index (Phi) is 3.96. The Morgan fingerprint density at radius 2 is 2.31 bits per heavy atom. The fourth-order valence-corrected chi connectivity index (χ4v) is 2.21. The normalized spacial score (nSPS) is 34.5. The molecule has 0 aliphatic heterocycles. The summed E-state index contributed by atoms with van der Waals surface area (Å²) in [6.07, 6.45) is 2.11. The number of carbonyl (C=O) groups is 1. The molecule has 0 aromatic heterocycles. The van der Waals surface area contributed by atoms with Crippen LogP contribution in [0.5, 0.6) is 0 Å². The third-order valence-corrected chi connectivity index (χ3v) is 3.17. The maximum atomic E-state index is 10.7. The van der Waals surface area contributed by atoms with Crippen LogP contribution in [0.1, 0.15) is 19.3 Å². The first-order valence-electron chi connectivity index (χ1n) is 4.45. The van der Waals surface area contributed by atoms with Crippen LogP contribution in [0.25, 0.3) is 0 Å². The molecule has 1 saturated carbocycles. The highest BCUT2D eigenvalue weighted by atomic mass is 35.5. The number of alkyl halides is 1. The van der Waals surface area contributed by atoms with Crippen molar-refractivity contribution in [1.82, 2.24) is 5.43 Å². The van der Waals surface area contributed by atoms with Gasteiger partial charge in [0.2, 0.25) is 0 Å². The van der Waals surface area contributed by atoms with Gasteiger partial charge in [-0.1, -0.05) is 0 Å². The number of rotatable bonds is 3. The third kappa shape index (κ3) is 2.83. The van der Waals surface area contributed by atoms with Gasteiger partial charge in [0.25, 0.3) is 0 Å². The fraction of sp³-hybridized carbons (Fsp3) is 0.875. The molecule has 0 aromatic carbocycles. The summed E-state index contributed by atoms with van der Waals surface area (Å²) in [5.41, 5.74) is 2.58. The maximum absolute atomic E-state index is 10.7. The zero-order valence-electron chi connectivity index (χ0n) is 7.37. The molecule has 0 aromatic rings. The van der Waals surface area contributed by atoms with E-state index in [1.54, 1.807) is 0 Å². The van der Waals surface area contributed by atoms with Gasteiger partial charge in [0.1, 0.15) is 0 Å². The lowest BCUT2D eigenvalue weighted by Gasteiger charge is -2.30. The number of nitrogens with two attached hydrogens (primary N) is 1. The predicted octanol–water partition coefficient (Wildman–Crippen LogP) is 0.558. The quantitative estimate of drug-likeness (QED) is 0.358. The summed E-state index contributed by atoms with van der Waals surface area (Å²) < 4.78 is 0. The van der Waals surface area contributed by atoms with Crippen LogP contribution >= 0.6 is 11.6 Å². The Morgan fingerprint density at radius 1 is 1.62 bits per heavy atom. The first kappa shape index (κ1) is 10.8. The molecule has 5 heteroatoms. The van der Waals surface area contributed by atoms with Crippen LogP contribution in [0, 0.1) is 11.8 Å². The van der Waals surface area contributed by atoms with Gasteiger partial charge in [-0.3, -0.25) is 16.1 Å². The molecule has 0 bridgehead atoms. The fourth-order valence-electron chi connectivity index (χ4n) is 1.78. The Bertz CT molecular complexity index is 189. The molecule has 0 heterocycles. The van der Waals surface area contributed by atoms with Crippen molar-refractivity contribution in [1.29, 1.82) is 0 Å². The van der Waals surface area contributed by atoms with Crippen molar-refractivity contribution in [3.63, 3.8) is 0 Å². The second-order valence-corrected chi connectivity index (χ2v) is 4.09.